The molecule has 35 heavy (non-hydrogen) atoms. The first-order valence-electron chi connectivity index (χ1n) is 14.5. The smallest absolute Gasteiger partial charge is 0.759 e. The van der Waals surface area contributed by atoms with Crippen molar-refractivity contribution in [3.05, 3.63) is 0 Å². The van der Waals surface area contributed by atoms with Crippen molar-refractivity contribution in [2.24, 2.45) is 0 Å². The molecule has 0 spiro atoms. The van der Waals surface area contributed by atoms with E-state index in [1.165, 1.54) is 154 Å². The molecule has 0 amide bonds. The van der Waals surface area contributed by atoms with E-state index < -0.39 is 10.4 Å². The molecule has 0 radical (unpaired) electrons. The summed E-state index contributed by atoms with van der Waals surface area (Å²) in [6.45, 7) is 9.14. The molecule has 0 bridgehead atoms. The van der Waals surface area contributed by atoms with Crippen molar-refractivity contribution in [2.75, 3.05) is 0 Å². The molecular formula is C28H60Na2O4S. The fourth-order valence-electron chi connectivity index (χ4n) is 3.83. The van der Waals surface area contributed by atoms with Crippen LogP contribution in [0.5, 0.6) is 0 Å². The molecule has 7 heteroatoms. The minimum absolute atomic E-state index is 0. The van der Waals surface area contributed by atoms with Crippen molar-refractivity contribution in [1.29, 1.82) is 0 Å². The summed E-state index contributed by atoms with van der Waals surface area (Å²) >= 11 is 0. The molecule has 0 fully saturated rings. The van der Waals surface area contributed by atoms with Crippen LogP contribution < -0.4 is 59.1 Å². The fraction of sp³-hybridized carbons (Fsp3) is 1.00. The molecule has 204 valence electrons. The van der Waals surface area contributed by atoms with Crippen LogP contribution in [0.15, 0.2) is 0 Å². The van der Waals surface area contributed by atoms with Crippen LogP contribution in [0.25, 0.3) is 0 Å². The third-order valence-electron chi connectivity index (χ3n) is 5.91. The summed E-state index contributed by atoms with van der Waals surface area (Å²) in [5.74, 6) is 0. The molecule has 0 aliphatic carbocycles. The van der Waals surface area contributed by atoms with Gasteiger partial charge < -0.3 is 9.11 Å². The van der Waals surface area contributed by atoms with Crippen LogP contribution in [0, 0.1) is 0 Å². The van der Waals surface area contributed by atoms with Crippen LogP contribution in [0.4, 0.5) is 0 Å². The van der Waals surface area contributed by atoms with Gasteiger partial charge in [0, 0.05) is 10.4 Å². The SMILES string of the molecule is CCCCCCCCCCCCCC.CCCCCCCCCCCCCC.O=S(=O)([O-])[O-].[Na+].[Na+]. The number of unbranched alkanes of at least 4 members (excludes halogenated alkanes) is 22. The van der Waals surface area contributed by atoms with E-state index in [4.69, 9.17) is 17.5 Å². The predicted octanol–water partition coefficient (Wildman–Crippen LogP) is 4.08. The zero-order chi connectivity index (χ0) is 25.5. The van der Waals surface area contributed by atoms with Gasteiger partial charge in [0.25, 0.3) is 0 Å². The summed E-state index contributed by atoms with van der Waals surface area (Å²) in [6.07, 6.45) is 34.9. The third-order valence-corrected chi connectivity index (χ3v) is 5.91. The molecule has 0 aliphatic heterocycles. The molecule has 0 saturated heterocycles. The second-order valence-corrected chi connectivity index (χ2v) is 10.3. The van der Waals surface area contributed by atoms with E-state index in [1.807, 2.05) is 0 Å². The van der Waals surface area contributed by atoms with E-state index in [0.717, 1.165) is 0 Å². The molecule has 0 unspecified atom stereocenters. The van der Waals surface area contributed by atoms with E-state index in [-0.39, 0.29) is 59.1 Å². The summed E-state index contributed by atoms with van der Waals surface area (Å²) in [7, 11) is -5.17. The van der Waals surface area contributed by atoms with Gasteiger partial charge in [-0.2, -0.15) is 0 Å². The van der Waals surface area contributed by atoms with Crippen molar-refractivity contribution in [1.82, 2.24) is 0 Å². The van der Waals surface area contributed by atoms with Crippen LogP contribution in [-0.2, 0) is 10.4 Å². The Morgan fingerprint density at radius 2 is 0.429 bits per heavy atom. The standard InChI is InChI=1S/2C14H30.2Na.H2O4S/c2*1-3-5-7-9-11-13-14-12-10-8-6-4-2;;;1-5(2,3)4/h2*3-14H2,1-2H3;;;(H2,1,2,3,4)/q;;2*+1;/p-2. The summed E-state index contributed by atoms with van der Waals surface area (Å²) in [6, 6.07) is 0. The molecule has 0 aliphatic rings. The first kappa shape index (κ1) is 46.7. The molecule has 0 heterocycles. The Bertz CT molecular complexity index is 365. The maximum absolute atomic E-state index is 8.52. The van der Waals surface area contributed by atoms with Gasteiger partial charge in [-0.1, -0.05) is 182 Å². The Labute approximate surface area is 266 Å². The Morgan fingerprint density at radius 1 is 0.343 bits per heavy atom. The molecule has 0 saturated carbocycles. The van der Waals surface area contributed by atoms with Crippen LogP contribution >= 0.6 is 0 Å². The molecule has 0 rings (SSSR count). The topological polar surface area (TPSA) is 80.3 Å². The molecule has 0 atom stereocenters. The van der Waals surface area contributed by atoms with Gasteiger partial charge in [0.1, 0.15) is 0 Å². The van der Waals surface area contributed by atoms with Gasteiger partial charge in [-0.3, -0.25) is 8.42 Å². The quantitative estimate of drug-likeness (QED) is 0.0900. The molecule has 0 aromatic rings. The zero-order valence-corrected chi connectivity index (χ0v) is 29.8. The van der Waals surface area contributed by atoms with Gasteiger partial charge in [-0.25, -0.2) is 0 Å². The van der Waals surface area contributed by atoms with Crippen molar-refractivity contribution >= 4 is 10.4 Å². The number of hydrogen-bond acceptors (Lipinski definition) is 4. The summed E-state index contributed by atoms with van der Waals surface area (Å²) < 4.78 is 34.1. The van der Waals surface area contributed by atoms with Gasteiger partial charge in [-0.15, -0.1) is 0 Å². The molecule has 0 aromatic carbocycles. The van der Waals surface area contributed by atoms with Crippen LogP contribution in [0.3, 0.4) is 0 Å². The number of hydrogen-bond donors (Lipinski definition) is 0. The Hall–Kier alpha value is 1.87. The van der Waals surface area contributed by atoms with E-state index in [0.29, 0.717) is 0 Å². The molecule has 4 nitrogen and oxygen atoms in total. The maximum atomic E-state index is 8.52. The van der Waals surface area contributed by atoms with Crippen LogP contribution in [0.1, 0.15) is 182 Å². The summed E-state index contributed by atoms with van der Waals surface area (Å²) in [4.78, 5) is 0. The van der Waals surface area contributed by atoms with Gasteiger partial charge in [-0.05, 0) is 0 Å². The first-order chi connectivity index (χ1) is 15.8. The van der Waals surface area contributed by atoms with Gasteiger partial charge in [0.2, 0.25) is 0 Å². The molecular weight excluding hydrogens is 478 g/mol. The van der Waals surface area contributed by atoms with E-state index >= 15 is 0 Å². The maximum Gasteiger partial charge on any atom is 1.00 e. The van der Waals surface area contributed by atoms with E-state index in [2.05, 4.69) is 27.7 Å². The van der Waals surface area contributed by atoms with Crippen LogP contribution in [-0.4, -0.2) is 17.5 Å². The third kappa shape index (κ3) is 72.2. The zero-order valence-electron chi connectivity index (χ0n) is 25.0. The Morgan fingerprint density at radius 3 is 0.514 bits per heavy atom. The molecule has 0 aromatic heterocycles. The van der Waals surface area contributed by atoms with Gasteiger partial charge in [0.05, 0.1) is 0 Å². The van der Waals surface area contributed by atoms with Crippen LogP contribution in [0.2, 0.25) is 0 Å². The minimum atomic E-state index is -5.17. The van der Waals surface area contributed by atoms with Crippen molar-refractivity contribution < 1.29 is 76.6 Å². The average Bonchev–Trinajstić information content (AvgIpc) is 2.76. The Kier molecular flexibility index (Phi) is 57.3. The fourth-order valence-corrected chi connectivity index (χ4v) is 3.83. The minimum Gasteiger partial charge on any atom is -0.759 e. The normalized spacial score (nSPS) is 10.2. The molecule has 0 N–H and O–H groups in total. The van der Waals surface area contributed by atoms with Gasteiger partial charge >= 0.3 is 59.1 Å². The van der Waals surface area contributed by atoms with E-state index in [1.54, 1.807) is 0 Å². The largest absolute Gasteiger partial charge is 1.00 e. The van der Waals surface area contributed by atoms with Crippen molar-refractivity contribution in [2.45, 2.75) is 182 Å². The predicted molar refractivity (Wildman–Crippen MR) is 144 cm³/mol. The summed E-state index contributed by atoms with van der Waals surface area (Å²) in [5, 5.41) is 0. The van der Waals surface area contributed by atoms with Gasteiger partial charge in [0.15, 0.2) is 0 Å². The first-order valence-corrected chi connectivity index (χ1v) is 15.8. The monoisotopic (exact) mass is 538 g/mol. The van der Waals surface area contributed by atoms with Crippen molar-refractivity contribution in [3.8, 4) is 0 Å². The second-order valence-electron chi connectivity index (χ2n) is 9.48. The second kappa shape index (κ2) is 42.9. The van der Waals surface area contributed by atoms with Crippen molar-refractivity contribution in [3.63, 3.8) is 0 Å². The number of rotatable bonds is 22. The summed E-state index contributed by atoms with van der Waals surface area (Å²) in [5.41, 5.74) is 0. The van der Waals surface area contributed by atoms with E-state index in [9.17, 15) is 0 Å². The average molecular weight is 539 g/mol. The Balaban J connectivity index is -0.000000137.